The fourth-order valence-electron chi connectivity index (χ4n) is 4.35. The van der Waals surface area contributed by atoms with Gasteiger partial charge in [0.25, 0.3) is 0 Å². The van der Waals surface area contributed by atoms with E-state index in [1.54, 1.807) is 6.07 Å². The monoisotopic (exact) mass is 458 g/mol. The van der Waals surface area contributed by atoms with Crippen molar-refractivity contribution in [1.29, 1.82) is 0 Å². The van der Waals surface area contributed by atoms with Crippen LogP contribution in [-0.2, 0) is 0 Å². The minimum absolute atomic E-state index is 0.0140. The van der Waals surface area contributed by atoms with E-state index in [0.717, 1.165) is 40.8 Å². The summed E-state index contributed by atoms with van der Waals surface area (Å²) in [6, 6.07) is 13.9. The molecule has 3 heterocycles. The maximum atomic E-state index is 6.54. The van der Waals surface area contributed by atoms with Crippen LogP contribution in [0.25, 0.3) is 5.69 Å². The standard InChI is InChI=1S/C23H24Cl2N4S/c1-4-11-28-22(21(27-23(28)30)19-7-5-6-10-26-19)17-12-14(2)29(15(17)3)20-9-8-16(24)13-18(20)25/h5-10,12-13,21-22H,4,11H2,1-3H3,(H,27,30). The molecule has 2 unspecified atom stereocenters. The first-order chi connectivity index (χ1) is 14.4. The largest absolute Gasteiger partial charge is 0.352 e. The van der Waals surface area contributed by atoms with E-state index < -0.39 is 0 Å². The number of nitrogens with one attached hydrogen (secondary N) is 1. The Bertz CT molecular complexity index is 1080. The van der Waals surface area contributed by atoms with Gasteiger partial charge in [-0.1, -0.05) is 36.2 Å². The molecule has 0 saturated carbocycles. The van der Waals surface area contributed by atoms with Crippen LogP contribution in [0.15, 0.2) is 48.7 Å². The zero-order chi connectivity index (χ0) is 21.4. The van der Waals surface area contributed by atoms with Crippen LogP contribution >= 0.6 is 35.4 Å². The van der Waals surface area contributed by atoms with Gasteiger partial charge in [-0.05, 0) is 74.4 Å². The van der Waals surface area contributed by atoms with Crippen molar-refractivity contribution in [3.8, 4) is 5.69 Å². The Labute approximate surface area is 192 Å². The van der Waals surface area contributed by atoms with Crippen LogP contribution in [0.1, 0.15) is 48.1 Å². The maximum Gasteiger partial charge on any atom is 0.170 e. The molecule has 0 radical (unpaired) electrons. The highest BCUT2D eigenvalue weighted by Gasteiger charge is 2.41. The molecule has 2 aromatic heterocycles. The van der Waals surface area contributed by atoms with Gasteiger partial charge in [-0.25, -0.2) is 0 Å². The van der Waals surface area contributed by atoms with E-state index in [0.29, 0.717) is 10.0 Å². The summed E-state index contributed by atoms with van der Waals surface area (Å²) >= 11 is 18.4. The topological polar surface area (TPSA) is 33.1 Å². The van der Waals surface area contributed by atoms with Gasteiger partial charge in [0.15, 0.2) is 5.11 Å². The molecule has 4 nitrogen and oxygen atoms in total. The first kappa shape index (κ1) is 21.2. The van der Waals surface area contributed by atoms with Gasteiger partial charge in [-0.15, -0.1) is 0 Å². The van der Waals surface area contributed by atoms with Gasteiger partial charge in [-0.2, -0.15) is 0 Å². The second kappa shape index (κ2) is 8.58. The zero-order valence-electron chi connectivity index (χ0n) is 17.2. The van der Waals surface area contributed by atoms with E-state index >= 15 is 0 Å². The quantitative estimate of drug-likeness (QED) is 0.462. The first-order valence-electron chi connectivity index (χ1n) is 10.0. The van der Waals surface area contributed by atoms with E-state index in [1.807, 2.05) is 30.5 Å². The second-order valence-corrected chi connectivity index (χ2v) is 8.81. The minimum atomic E-state index is -0.0140. The third kappa shape index (κ3) is 3.70. The minimum Gasteiger partial charge on any atom is -0.352 e. The van der Waals surface area contributed by atoms with Crippen molar-refractivity contribution in [2.75, 3.05) is 6.54 Å². The predicted molar refractivity (Wildman–Crippen MR) is 128 cm³/mol. The summed E-state index contributed by atoms with van der Waals surface area (Å²) in [5.41, 5.74) is 5.37. The third-order valence-electron chi connectivity index (χ3n) is 5.60. The molecule has 30 heavy (non-hydrogen) atoms. The molecule has 0 amide bonds. The Kier molecular flexibility index (Phi) is 6.05. The smallest absolute Gasteiger partial charge is 0.170 e. The number of thiocarbonyl (C=S) groups is 1. The van der Waals surface area contributed by atoms with Gasteiger partial charge < -0.3 is 14.8 Å². The number of benzene rings is 1. The lowest BCUT2D eigenvalue weighted by Gasteiger charge is -2.27. The van der Waals surface area contributed by atoms with Crippen molar-refractivity contribution in [1.82, 2.24) is 19.8 Å². The Morgan fingerprint density at radius 3 is 2.60 bits per heavy atom. The molecule has 156 valence electrons. The lowest BCUT2D eigenvalue weighted by atomic mass is 9.96. The Morgan fingerprint density at radius 1 is 1.13 bits per heavy atom. The summed E-state index contributed by atoms with van der Waals surface area (Å²) < 4.78 is 2.19. The molecule has 4 rings (SSSR count). The molecule has 1 aliphatic heterocycles. The van der Waals surface area contributed by atoms with Gasteiger partial charge in [-0.3, -0.25) is 4.98 Å². The number of aromatic nitrogens is 2. The van der Waals surface area contributed by atoms with E-state index in [9.17, 15) is 0 Å². The average molecular weight is 459 g/mol. The summed E-state index contributed by atoms with van der Waals surface area (Å²) in [4.78, 5) is 6.90. The number of rotatable bonds is 5. The molecule has 1 aromatic carbocycles. The molecule has 2 atom stereocenters. The fourth-order valence-corrected chi connectivity index (χ4v) is 5.17. The second-order valence-electron chi connectivity index (χ2n) is 7.58. The van der Waals surface area contributed by atoms with Crippen LogP contribution in [0.2, 0.25) is 10.0 Å². The van der Waals surface area contributed by atoms with Gasteiger partial charge in [0.2, 0.25) is 0 Å². The van der Waals surface area contributed by atoms with Crippen molar-refractivity contribution in [3.63, 3.8) is 0 Å². The number of halogens is 2. The van der Waals surface area contributed by atoms with E-state index in [2.05, 4.69) is 52.7 Å². The van der Waals surface area contributed by atoms with Gasteiger partial charge in [0.05, 0.1) is 28.5 Å². The number of pyridine rings is 1. The van der Waals surface area contributed by atoms with Crippen molar-refractivity contribution in [2.45, 2.75) is 39.3 Å². The third-order valence-corrected chi connectivity index (χ3v) is 6.49. The van der Waals surface area contributed by atoms with Crippen LogP contribution in [0.5, 0.6) is 0 Å². The highest BCUT2D eigenvalue weighted by atomic mass is 35.5. The van der Waals surface area contributed by atoms with E-state index in [-0.39, 0.29) is 12.1 Å². The first-order valence-corrected chi connectivity index (χ1v) is 11.2. The molecular formula is C23H24Cl2N4S. The number of nitrogens with zero attached hydrogens (tertiary/aromatic N) is 3. The number of hydrogen-bond acceptors (Lipinski definition) is 2. The van der Waals surface area contributed by atoms with Crippen LogP contribution in [0.3, 0.4) is 0 Å². The molecule has 1 aliphatic rings. The van der Waals surface area contributed by atoms with Crippen molar-refractivity contribution >= 4 is 40.5 Å². The molecule has 1 N–H and O–H groups in total. The molecular weight excluding hydrogens is 435 g/mol. The molecule has 0 aliphatic carbocycles. The molecule has 0 bridgehead atoms. The molecule has 7 heteroatoms. The van der Waals surface area contributed by atoms with Crippen molar-refractivity contribution in [3.05, 3.63) is 81.4 Å². The summed E-state index contributed by atoms with van der Waals surface area (Å²) in [6.45, 7) is 7.28. The SMILES string of the molecule is CCCN1C(=S)NC(c2ccccn2)C1c1cc(C)n(-c2ccc(Cl)cc2Cl)c1C. The van der Waals surface area contributed by atoms with Crippen LogP contribution in [-0.4, -0.2) is 26.1 Å². The van der Waals surface area contributed by atoms with Gasteiger partial charge in [0, 0.05) is 29.2 Å². The summed E-state index contributed by atoms with van der Waals surface area (Å²) in [5.74, 6) is 0. The maximum absolute atomic E-state index is 6.54. The Hall–Kier alpha value is -2.08. The lowest BCUT2D eigenvalue weighted by molar-refractivity contribution is 0.316. The van der Waals surface area contributed by atoms with E-state index in [4.69, 9.17) is 35.4 Å². The highest BCUT2D eigenvalue weighted by molar-refractivity contribution is 7.80. The predicted octanol–water partition coefficient (Wildman–Crippen LogP) is 6.18. The summed E-state index contributed by atoms with van der Waals surface area (Å²) in [7, 11) is 0. The average Bonchev–Trinajstić information content (AvgIpc) is 3.19. The van der Waals surface area contributed by atoms with Crippen LogP contribution in [0, 0.1) is 13.8 Å². The summed E-state index contributed by atoms with van der Waals surface area (Å²) in [6.07, 6.45) is 2.84. The Balaban J connectivity index is 1.85. The van der Waals surface area contributed by atoms with Gasteiger partial charge in [0.1, 0.15) is 0 Å². The molecule has 3 aromatic rings. The van der Waals surface area contributed by atoms with Crippen LogP contribution in [0.4, 0.5) is 0 Å². The molecule has 1 fully saturated rings. The Morgan fingerprint density at radius 2 is 1.93 bits per heavy atom. The zero-order valence-corrected chi connectivity index (χ0v) is 19.5. The molecule has 1 saturated heterocycles. The number of aryl methyl sites for hydroxylation is 1. The fraction of sp³-hybridized carbons (Fsp3) is 0.304. The van der Waals surface area contributed by atoms with E-state index in [1.165, 1.54) is 5.56 Å². The highest BCUT2D eigenvalue weighted by Crippen LogP contribution is 2.42. The normalized spacial score (nSPS) is 18.7. The molecule has 0 spiro atoms. The van der Waals surface area contributed by atoms with Crippen molar-refractivity contribution in [2.24, 2.45) is 0 Å². The van der Waals surface area contributed by atoms with Gasteiger partial charge >= 0.3 is 0 Å². The lowest BCUT2D eigenvalue weighted by Crippen LogP contribution is -2.30. The van der Waals surface area contributed by atoms with Crippen molar-refractivity contribution < 1.29 is 0 Å². The summed E-state index contributed by atoms with van der Waals surface area (Å²) in [5, 5.41) is 5.53. The van der Waals surface area contributed by atoms with Crippen LogP contribution < -0.4 is 5.32 Å². The number of hydrogen-bond donors (Lipinski definition) is 1.